The molecule has 3 N–H and O–H groups in total. The van der Waals surface area contributed by atoms with Gasteiger partial charge in [0.2, 0.25) is 5.60 Å². The summed E-state index contributed by atoms with van der Waals surface area (Å²) in [6, 6.07) is 1.95. The molecule has 1 aromatic rings. The molecule has 0 saturated carbocycles. The molecule has 19 heavy (non-hydrogen) atoms. The Morgan fingerprint density at radius 2 is 1.95 bits per heavy atom. The van der Waals surface area contributed by atoms with Gasteiger partial charge < -0.3 is 10.8 Å². The van der Waals surface area contributed by atoms with Gasteiger partial charge in [-0.05, 0) is 30.2 Å². The average molecular weight is 276 g/mol. The Kier molecular flexibility index (Phi) is 4.18. The number of nitrogens with two attached hydrogens (primary N) is 1. The van der Waals surface area contributed by atoms with Crippen molar-refractivity contribution >= 4 is 0 Å². The zero-order valence-electron chi connectivity index (χ0n) is 10.0. The molecule has 0 aromatic heterocycles. The van der Waals surface area contributed by atoms with E-state index in [2.05, 4.69) is 0 Å². The predicted molar refractivity (Wildman–Crippen MR) is 59.3 cm³/mol. The minimum Gasteiger partial charge on any atom is -0.375 e. The molecule has 104 valence electrons. The molecule has 1 rings (SSSR count). The van der Waals surface area contributed by atoms with Gasteiger partial charge in [-0.15, -0.1) is 0 Å². The summed E-state index contributed by atoms with van der Waals surface area (Å²) in [6.07, 6.45) is -5.25. The molecule has 0 radical (unpaired) electrons. The van der Waals surface area contributed by atoms with Crippen LogP contribution in [0.2, 0.25) is 0 Å². The molecule has 0 amide bonds. The third-order valence-corrected chi connectivity index (χ3v) is 2.88. The number of benzene rings is 1. The highest BCUT2D eigenvalue weighted by atomic mass is 19.4. The van der Waals surface area contributed by atoms with E-state index in [1.54, 1.807) is 0 Å². The fourth-order valence-electron chi connectivity index (χ4n) is 1.76. The zero-order chi connectivity index (χ0) is 14.8. The standard InChI is InChI=1S/C12H12F4N2O/c1-2-10(18)11(19,12(14,15)16)8-3-7(6-17)4-9(13)5-8/h3-5,10,19H,2,18H2,1H3. The maximum atomic E-state index is 13.2. The number of aliphatic hydroxyl groups is 1. The molecule has 0 aliphatic heterocycles. The van der Waals surface area contributed by atoms with Crippen molar-refractivity contribution in [1.82, 2.24) is 0 Å². The smallest absolute Gasteiger partial charge is 0.375 e. The van der Waals surface area contributed by atoms with Crippen LogP contribution in [0.5, 0.6) is 0 Å². The van der Waals surface area contributed by atoms with Gasteiger partial charge in [0.15, 0.2) is 0 Å². The van der Waals surface area contributed by atoms with Gasteiger partial charge in [0.1, 0.15) is 5.82 Å². The number of hydrogen-bond donors (Lipinski definition) is 2. The first-order valence-electron chi connectivity index (χ1n) is 5.42. The Morgan fingerprint density at radius 3 is 2.37 bits per heavy atom. The Morgan fingerprint density at radius 1 is 1.37 bits per heavy atom. The van der Waals surface area contributed by atoms with Crippen LogP contribution in [0, 0.1) is 17.1 Å². The number of alkyl halides is 3. The van der Waals surface area contributed by atoms with Gasteiger partial charge in [-0.3, -0.25) is 0 Å². The fourth-order valence-corrected chi connectivity index (χ4v) is 1.76. The lowest BCUT2D eigenvalue weighted by Crippen LogP contribution is -2.55. The Hall–Kier alpha value is -1.65. The van der Waals surface area contributed by atoms with Crippen molar-refractivity contribution in [2.75, 3.05) is 0 Å². The van der Waals surface area contributed by atoms with Crippen LogP contribution in [0.15, 0.2) is 18.2 Å². The molecule has 0 bridgehead atoms. The molecule has 0 spiro atoms. The molecule has 0 saturated heterocycles. The molecule has 2 atom stereocenters. The molecule has 0 fully saturated rings. The van der Waals surface area contributed by atoms with Crippen LogP contribution >= 0.6 is 0 Å². The molecule has 0 aliphatic carbocycles. The van der Waals surface area contributed by atoms with Crippen LogP contribution < -0.4 is 5.73 Å². The molecule has 0 heterocycles. The summed E-state index contributed by atoms with van der Waals surface area (Å²) in [5, 5.41) is 18.5. The molecule has 1 aromatic carbocycles. The summed E-state index contributed by atoms with van der Waals surface area (Å²) in [6.45, 7) is 1.37. The first-order chi connectivity index (χ1) is 8.66. The number of nitriles is 1. The monoisotopic (exact) mass is 276 g/mol. The molecular weight excluding hydrogens is 264 g/mol. The average Bonchev–Trinajstić information content (AvgIpc) is 2.34. The van der Waals surface area contributed by atoms with Crippen LogP contribution in [0.4, 0.5) is 17.6 Å². The third kappa shape index (κ3) is 2.69. The van der Waals surface area contributed by atoms with E-state index in [4.69, 9.17) is 11.0 Å². The zero-order valence-corrected chi connectivity index (χ0v) is 10.0. The normalized spacial score (nSPS) is 16.5. The summed E-state index contributed by atoms with van der Waals surface area (Å²) in [4.78, 5) is 0. The van der Waals surface area contributed by atoms with Gasteiger partial charge in [-0.1, -0.05) is 6.92 Å². The van der Waals surface area contributed by atoms with E-state index in [1.807, 2.05) is 0 Å². The van der Waals surface area contributed by atoms with Crippen LogP contribution in [-0.4, -0.2) is 17.3 Å². The molecule has 3 nitrogen and oxygen atoms in total. The van der Waals surface area contributed by atoms with E-state index in [1.165, 1.54) is 13.0 Å². The lowest BCUT2D eigenvalue weighted by Gasteiger charge is -2.35. The molecule has 0 aliphatic rings. The summed E-state index contributed by atoms with van der Waals surface area (Å²) in [5.74, 6) is -1.04. The lowest BCUT2D eigenvalue weighted by molar-refractivity contribution is -0.274. The van der Waals surface area contributed by atoms with E-state index in [0.717, 1.165) is 12.1 Å². The van der Waals surface area contributed by atoms with Crippen molar-refractivity contribution in [3.8, 4) is 6.07 Å². The Labute approximate surface area is 107 Å². The highest BCUT2D eigenvalue weighted by molar-refractivity contribution is 5.38. The van der Waals surface area contributed by atoms with Crippen molar-refractivity contribution in [3.63, 3.8) is 0 Å². The van der Waals surface area contributed by atoms with Crippen molar-refractivity contribution < 1.29 is 22.7 Å². The van der Waals surface area contributed by atoms with E-state index in [-0.39, 0.29) is 12.0 Å². The SMILES string of the molecule is CCC(N)C(O)(c1cc(F)cc(C#N)c1)C(F)(F)F. The molecular formula is C12H12F4N2O. The number of rotatable bonds is 3. The maximum Gasteiger partial charge on any atom is 0.423 e. The van der Waals surface area contributed by atoms with E-state index in [9.17, 15) is 22.7 Å². The highest BCUT2D eigenvalue weighted by Gasteiger charge is 2.58. The molecule has 7 heteroatoms. The van der Waals surface area contributed by atoms with Crippen LogP contribution in [-0.2, 0) is 5.60 Å². The second-order valence-electron chi connectivity index (χ2n) is 4.12. The Bertz CT molecular complexity index is 509. The van der Waals surface area contributed by atoms with Crippen molar-refractivity contribution in [2.24, 2.45) is 5.73 Å². The second-order valence-corrected chi connectivity index (χ2v) is 4.12. The predicted octanol–water partition coefficient (Wildman–Crippen LogP) is 2.18. The van der Waals surface area contributed by atoms with Gasteiger partial charge in [-0.25, -0.2) is 4.39 Å². The van der Waals surface area contributed by atoms with Crippen molar-refractivity contribution in [2.45, 2.75) is 31.2 Å². The quantitative estimate of drug-likeness (QED) is 0.831. The number of halogens is 4. The van der Waals surface area contributed by atoms with Gasteiger partial charge in [0.25, 0.3) is 0 Å². The van der Waals surface area contributed by atoms with E-state index < -0.39 is 29.2 Å². The summed E-state index contributed by atoms with van der Waals surface area (Å²) < 4.78 is 52.4. The van der Waals surface area contributed by atoms with Crippen molar-refractivity contribution in [1.29, 1.82) is 5.26 Å². The minimum atomic E-state index is -5.08. The minimum absolute atomic E-state index is 0.172. The van der Waals surface area contributed by atoms with Crippen LogP contribution in [0.3, 0.4) is 0 Å². The number of nitrogens with zero attached hydrogens (tertiary/aromatic N) is 1. The largest absolute Gasteiger partial charge is 0.423 e. The van der Waals surface area contributed by atoms with Gasteiger partial charge >= 0.3 is 6.18 Å². The Balaban J connectivity index is 3.51. The van der Waals surface area contributed by atoms with Gasteiger partial charge in [0, 0.05) is 6.04 Å². The highest BCUT2D eigenvalue weighted by Crippen LogP contribution is 2.42. The van der Waals surface area contributed by atoms with Crippen LogP contribution in [0.1, 0.15) is 24.5 Å². The summed E-state index contributed by atoms with van der Waals surface area (Å²) >= 11 is 0. The van der Waals surface area contributed by atoms with Gasteiger partial charge in [-0.2, -0.15) is 18.4 Å². The van der Waals surface area contributed by atoms with Crippen LogP contribution in [0.25, 0.3) is 0 Å². The number of hydrogen-bond acceptors (Lipinski definition) is 3. The third-order valence-electron chi connectivity index (χ3n) is 2.88. The van der Waals surface area contributed by atoms with Crippen molar-refractivity contribution in [3.05, 3.63) is 35.1 Å². The summed E-state index contributed by atoms with van der Waals surface area (Å²) in [5.41, 5.74) is 0.852. The first kappa shape index (κ1) is 15.4. The van der Waals surface area contributed by atoms with Gasteiger partial charge in [0.05, 0.1) is 11.6 Å². The lowest BCUT2D eigenvalue weighted by atomic mass is 9.84. The topological polar surface area (TPSA) is 70.0 Å². The summed E-state index contributed by atoms with van der Waals surface area (Å²) in [7, 11) is 0. The maximum absolute atomic E-state index is 13.2. The fraction of sp³-hybridized carbons (Fsp3) is 0.417. The van der Waals surface area contributed by atoms with E-state index >= 15 is 0 Å². The van der Waals surface area contributed by atoms with E-state index in [0.29, 0.717) is 6.07 Å². The molecule has 2 unspecified atom stereocenters. The second kappa shape index (κ2) is 5.15. The first-order valence-corrected chi connectivity index (χ1v) is 5.42.